The van der Waals surface area contributed by atoms with Gasteiger partial charge in [-0.3, -0.25) is 4.79 Å². The SMILES string of the molecule is CC(C)C[C@H](CN)CC(=O)NC(C)c1cccc(Br)c1. The van der Waals surface area contributed by atoms with E-state index in [1.165, 1.54) is 0 Å². The maximum absolute atomic E-state index is 12.1. The van der Waals surface area contributed by atoms with Crippen LogP contribution in [0.2, 0.25) is 0 Å². The molecule has 0 bridgehead atoms. The summed E-state index contributed by atoms with van der Waals surface area (Å²) >= 11 is 3.45. The summed E-state index contributed by atoms with van der Waals surface area (Å²) in [6, 6.07) is 8.01. The molecule has 1 rings (SSSR count). The smallest absolute Gasteiger partial charge is 0.220 e. The first kappa shape index (κ1) is 17.2. The number of amides is 1. The third-order valence-electron chi connectivity index (χ3n) is 3.34. The highest BCUT2D eigenvalue weighted by Crippen LogP contribution is 2.19. The molecule has 0 radical (unpaired) electrons. The van der Waals surface area contributed by atoms with Gasteiger partial charge in [0, 0.05) is 10.9 Å². The first-order valence-corrected chi connectivity index (χ1v) is 7.96. The largest absolute Gasteiger partial charge is 0.350 e. The van der Waals surface area contributed by atoms with Crippen molar-refractivity contribution in [3.05, 3.63) is 34.3 Å². The van der Waals surface area contributed by atoms with Crippen LogP contribution in [0, 0.1) is 11.8 Å². The van der Waals surface area contributed by atoms with Crippen LogP contribution in [0.15, 0.2) is 28.7 Å². The monoisotopic (exact) mass is 340 g/mol. The van der Waals surface area contributed by atoms with E-state index in [9.17, 15) is 4.79 Å². The molecule has 3 nitrogen and oxygen atoms in total. The zero-order valence-corrected chi connectivity index (χ0v) is 14.1. The van der Waals surface area contributed by atoms with Crippen LogP contribution in [0.5, 0.6) is 0 Å². The van der Waals surface area contributed by atoms with Crippen molar-refractivity contribution in [1.82, 2.24) is 5.32 Å². The van der Waals surface area contributed by atoms with Gasteiger partial charge in [0.2, 0.25) is 5.91 Å². The summed E-state index contributed by atoms with van der Waals surface area (Å²) in [6.45, 7) is 6.88. The highest BCUT2D eigenvalue weighted by Gasteiger charge is 2.16. The summed E-state index contributed by atoms with van der Waals surface area (Å²) in [4.78, 5) is 12.1. The van der Waals surface area contributed by atoms with E-state index in [2.05, 4.69) is 35.1 Å². The molecule has 3 N–H and O–H groups in total. The molecule has 1 unspecified atom stereocenters. The molecule has 4 heteroatoms. The molecule has 1 aromatic carbocycles. The molecular weight excluding hydrogens is 316 g/mol. The first-order valence-electron chi connectivity index (χ1n) is 7.17. The molecule has 0 aliphatic carbocycles. The van der Waals surface area contributed by atoms with E-state index in [-0.39, 0.29) is 17.9 Å². The van der Waals surface area contributed by atoms with Gasteiger partial charge in [0.15, 0.2) is 0 Å². The summed E-state index contributed by atoms with van der Waals surface area (Å²) in [5.41, 5.74) is 6.84. The van der Waals surface area contributed by atoms with Crippen molar-refractivity contribution >= 4 is 21.8 Å². The second kappa shape index (κ2) is 8.42. The van der Waals surface area contributed by atoms with E-state index in [0.717, 1.165) is 16.5 Å². The van der Waals surface area contributed by atoms with Crippen molar-refractivity contribution in [2.24, 2.45) is 17.6 Å². The molecule has 2 atom stereocenters. The van der Waals surface area contributed by atoms with Crippen LogP contribution in [0.4, 0.5) is 0 Å². The highest BCUT2D eigenvalue weighted by molar-refractivity contribution is 9.10. The minimum atomic E-state index is 0.0116. The average molecular weight is 341 g/mol. The fraction of sp³-hybridized carbons (Fsp3) is 0.562. The lowest BCUT2D eigenvalue weighted by Gasteiger charge is -2.19. The fourth-order valence-corrected chi connectivity index (χ4v) is 2.77. The van der Waals surface area contributed by atoms with E-state index in [1.54, 1.807) is 0 Å². The highest BCUT2D eigenvalue weighted by atomic mass is 79.9. The second-order valence-electron chi connectivity index (χ2n) is 5.78. The normalized spacial score (nSPS) is 14.1. The Labute approximate surface area is 130 Å². The van der Waals surface area contributed by atoms with Gasteiger partial charge in [0.25, 0.3) is 0 Å². The van der Waals surface area contributed by atoms with Crippen molar-refractivity contribution in [3.63, 3.8) is 0 Å². The Morgan fingerprint density at radius 3 is 2.60 bits per heavy atom. The van der Waals surface area contributed by atoms with Gasteiger partial charge in [-0.25, -0.2) is 0 Å². The second-order valence-corrected chi connectivity index (χ2v) is 6.70. The van der Waals surface area contributed by atoms with Crippen LogP contribution < -0.4 is 11.1 Å². The fourth-order valence-electron chi connectivity index (χ4n) is 2.35. The van der Waals surface area contributed by atoms with Gasteiger partial charge in [-0.05, 0) is 49.4 Å². The molecule has 0 aliphatic rings. The van der Waals surface area contributed by atoms with E-state index in [4.69, 9.17) is 5.73 Å². The lowest BCUT2D eigenvalue weighted by Crippen LogP contribution is -2.30. The summed E-state index contributed by atoms with van der Waals surface area (Å²) < 4.78 is 1.02. The first-order chi connectivity index (χ1) is 9.42. The van der Waals surface area contributed by atoms with E-state index in [1.807, 2.05) is 31.2 Å². The number of halogens is 1. The average Bonchev–Trinajstić information content (AvgIpc) is 2.37. The van der Waals surface area contributed by atoms with Crippen molar-refractivity contribution in [2.75, 3.05) is 6.54 Å². The molecule has 0 saturated heterocycles. The van der Waals surface area contributed by atoms with E-state index < -0.39 is 0 Å². The van der Waals surface area contributed by atoms with Crippen molar-refractivity contribution in [1.29, 1.82) is 0 Å². The predicted molar refractivity (Wildman–Crippen MR) is 87.3 cm³/mol. The third-order valence-corrected chi connectivity index (χ3v) is 3.83. The minimum absolute atomic E-state index is 0.0116. The molecule has 20 heavy (non-hydrogen) atoms. The van der Waals surface area contributed by atoms with Gasteiger partial charge >= 0.3 is 0 Å². The number of carbonyl (C=O) groups excluding carboxylic acids is 1. The van der Waals surface area contributed by atoms with Crippen LogP contribution in [0.3, 0.4) is 0 Å². The van der Waals surface area contributed by atoms with E-state index in [0.29, 0.717) is 18.9 Å². The Bertz CT molecular complexity index is 434. The summed E-state index contributed by atoms with van der Waals surface area (Å²) in [5.74, 6) is 0.914. The molecule has 0 saturated carbocycles. The van der Waals surface area contributed by atoms with Crippen LogP contribution in [-0.4, -0.2) is 12.5 Å². The Morgan fingerprint density at radius 2 is 2.05 bits per heavy atom. The molecule has 1 amide bonds. The lowest BCUT2D eigenvalue weighted by atomic mass is 9.94. The maximum Gasteiger partial charge on any atom is 0.220 e. The predicted octanol–water partition coefficient (Wildman–Crippen LogP) is 3.64. The summed E-state index contributed by atoms with van der Waals surface area (Å²) in [7, 11) is 0. The molecule has 1 aromatic rings. The van der Waals surface area contributed by atoms with E-state index >= 15 is 0 Å². The third kappa shape index (κ3) is 6.06. The summed E-state index contributed by atoms with van der Waals surface area (Å²) in [6.07, 6.45) is 1.50. The van der Waals surface area contributed by atoms with Gasteiger partial charge in [-0.1, -0.05) is 41.9 Å². The van der Waals surface area contributed by atoms with Crippen molar-refractivity contribution in [2.45, 2.75) is 39.7 Å². The van der Waals surface area contributed by atoms with Gasteiger partial charge < -0.3 is 11.1 Å². The lowest BCUT2D eigenvalue weighted by molar-refractivity contribution is -0.122. The number of nitrogens with one attached hydrogen (secondary N) is 1. The zero-order chi connectivity index (χ0) is 15.1. The standard InChI is InChI=1S/C16H25BrN2O/c1-11(2)7-13(10-18)8-16(20)19-12(3)14-5-4-6-15(17)9-14/h4-6,9,11-13H,7-8,10,18H2,1-3H3,(H,19,20)/t12?,13-/m0/s1. The molecular formula is C16H25BrN2O. The Hall–Kier alpha value is -0.870. The maximum atomic E-state index is 12.1. The number of hydrogen-bond acceptors (Lipinski definition) is 2. The molecule has 0 aliphatic heterocycles. The Kier molecular flexibility index (Phi) is 7.24. The molecule has 0 fully saturated rings. The van der Waals surface area contributed by atoms with Crippen LogP contribution in [0.25, 0.3) is 0 Å². The van der Waals surface area contributed by atoms with Crippen molar-refractivity contribution in [3.8, 4) is 0 Å². The van der Waals surface area contributed by atoms with Gasteiger partial charge in [0.05, 0.1) is 6.04 Å². The zero-order valence-electron chi connectivity index (χ0n) is 12.5. The number of hydrogen-bond donors (Lipinski definition) is 2. The topological polar surface area (TPSA) is 55.1 Å². The molecule has 0 heterocycles. The van der Waals surface area contributed by atoms with Crippen LogP contribution in [0.1, 0.15) is 45.2 Å². The molecule has 0 spiro atoms. The molecule has 112 valence electrons. The van der Waals surface area contributed by atoms with Gasteiger partial charge in [0.1, 0.15) is 0 Å². The molecule has 0 aromatic heterocycles. The number of nitrogens with two attached hydrogens (primary N) is 1. The van der Waals surface area contributed by atoms with Crippen molar-refractivity contribution < 1.29 is 4.79 Å². The van der Waals surface area contributed by atoms with Crippen LogP contribution in [-0.2, 0) is 4.79 Å². The minimum Gasteiger partial charge on any atom is -0.350 e. The van der Waals surface area contributed by atoms with Crippen LogP contribution >= 0.6 is 15.9 Å². The number of rotatable bonds is 7. The van der Waals surface area contributed by atoms with Gasteiger partial charge in [-0.15, -0.1) is 0 Å². The summed E-state index contributed by atoms with van der Waals surface area (Å²) in [5, 5.41) is 3.05. The Balaban J connectivity index is 2.53. The number of benzene rings is 1. The number of carbonyl (C=O) groups is 1. The van der Waals surface area contributed by atoms with Gasteiger partial charge in [-0.2, -0.15) is 0 Å². The Morgan fingerprint density at radius 1 is 1.35 bits per heavy atom. The quantitative estimate of drug-likeness (QED) is 0.796.